The van der Waals surface area contributed by atoms with E-state index >= 15 is 0 Å². The van der Waals surface area contributed by atoms with E-state index in [1.165, 1.54) is 12.0 Å². The van der Waals surface area contributed by atoms with E-state index in [1.807, 2.05) is 0 Å². The summed E-state index contributed by atoms with van der Waals surface area (Å²) in [4.78, 5) is 2.45. The first kappa shape index (κ1) is 14.8. The van der Waals surface area contributed by atoms with Crippen molar-refractivity contribution in [3.8, 4) is 5.75 Å². The molecule has 0 radical (unpaired) electrons. The number of aryl methyl sites for hydroxylation is 1. The van der Waals surface area contributed by atoms with E-state index < -0.39 is 0 Å². The van der Waals surface area contributed by atoms with Crippen molar-refractivity contribution in [1.82, 2.24) is 4.90 Å². The van der Waals surface area contributed by atoms with Crippen molar-refractivity contribution in [1.29, 1.82) is 0 Å². The molecule has 21 heavy (non-hydrogen) atoms. The zero-order chi connectivity index (χ0) is 14.7. The van der Waals surface area contributed by atoms with Gasteiger partial charge in [-0.25, -0.2) is 0 Å². The summed E-state index contributed by atoms with van der Waals surface area (Å²) in [5.74, 6) is 1.01. The molecule has 0 aliphatic carbocycles. The van der Waals surface area contributed by atoms with Crippen LogP contribution in [0.2, 0.25) is 0 Å². The van der Waals surface area contributed by atoms with Gasteiger partial charge in [0.05, 0.1) is 25.4 Å². The lowest BCUT2D eigenvalue weighted by Gasteiger charge is -2.36. The summed E-state index contributed by atoms with van der Waals surface area (Å²) in [7, 11) is 0. The SMILES string of the molecule is CCCN1CCOC(C(N)c2cccc3c2OCCC3)C1. The monoisotopic (exact) mass is 290 g/mol. The average molecular weight is 290 g/mol. The summed E-state index contributed by atoms with van der Waals surface area (Å²) < 4.78 is 11.8. The van der Waals surface area contributed by atoms with Crippen LogP contribution in [0.15, 0.2) is 18.2 Å². The lowest BCUT2D eigenvalue weighted by Crippen LogP contribution is -2.47. The first-order chi connectivity index (χ1) is 10.3. The Morgan fingerprint density at radius 1 is 1.38 bits per heavy atom. The predicted octanol–water partition coefficient (Wildman–Crippen LogP) is 2.12. The summed E-state index contributed by atoms with van der Waals surface area (Å²) in [6.45, 7) is 6.83. The Labute approximate surface area is 127 Å². The molecule has 1 fully saturated rings. The molecular formula is C17H26N2O2. The number of nitrogens with zero attached hydrogens (tertiary/aromatic N) is 1. The minimum Gasteiger partial charge on any atom is -0.493 e. The van der Waals surface area contributed by atoms with Gasteiger partial charge in [-0.05, 0) is 31.4 Å². The van der Waals surface area contributed by atoms with Crippen molar-refractivity contribution in [2.24, 2.45) is 5.73 Å². The van der Waals surface area contributed by atoms with Crippen LogP contribution in [0.3, 0.4) is 0 Å². The highest BCUT2D eigenvalue weighted by molar-refractivity contribution is 5.44. The Morgan fingerprint density at radius 3 is 3.14 bits per heavy atom. The molecule has 0 aromatic heterocycles. The highest BCUT2D eigenvalue weighted by Crippen LogP contribution is 2.34. The van der Waals surface area contributed by atoms with Crippen LogP contribution in [0.5, 0.6) is 5.75 Å². The molecule has 3 rings (SSSR count). The number of para-hydroxylation sites is 1. The van der Waals surface area contributed by atoms with Gasteiger partial charge in [-0.2, -0.15) is 0 Å². The molecule has 1 saturated heterocycles. The number of ether oxygens (including phenoxy) is 2. The number of hydrogen-bond donors (Lipinski definition) is 1. The summed E-state index contributed by atoms with van der Waals surface area (Å²) in [6, 6.07) is 6.22. The van der Waals surface area contributed by atoms with E-state index in [1.54, 1.807) is 0 Å². The van der Waals surface area contributed by atoms with Gasteiger partial charge in [-0.15, -0.1) is 0 Å². The van der Waals surface area contributed by atoms with Crippen LogP contribution < -0.4 is 10.5 Å². The van der Waals surface area contributed by atoms with Crippen LogP contribution >= 0.6 is 0 Å². The van der Waals surface area contributed by atoms with Crippen LogP contribution in [-0.2, 0) is 11.2 Å². The molecule has 0 saturated carbocycles. The van der Waals surface area contributed by atoms with Gasteiger partial charge in [0.1, 0.15) is 5.75 Å². The zero-order valence-electron chi connectivity index (χ0n) is 12.9. The molecule has 2 heterocycles. The van der Waals surface area contributed by atoms with Crippen LogP contribution in [0, 0.1) is 0 Å². The topological polar surface area (TPSA) is 47.7 Å². The van der Waals surface area contributed by atoms with Crippen molar-refractivity contribution in [3.63, 3.8) is 0 Å². The molecule has 0 spiro atoms. The van der Waals surface area contributed by atoms with E-state index in [0.29, 0.717) is 0 Å². The molecule has 116 valence electrons. The van der Waals surface area contributed by atoms with Gasteiger partial charge in [0.25, 0.3) is 0 Å². The molecule has 2 aliphatic heterocycles. The first-order valence-electron chi connectivity index (χ1n) is 8.13. The number of fused-ring (bicyclic) bond motifs is 1. The maximum atomic E-state index is 6.52. The highest BCUT2D eigenvalue weighted by Gasteiger charge is 2.29. The zero-order valence-corrected chi connectivity index (χ0v) is 12.9. The van der Waals surface area contributed by atoms with E-state index in [2.05, 4.69) is 30.0 Å². The van der Waals surface area contributed by atoms with Crippen molar-refractivity contribution < 1.29 is 9.47 Å². The second-order valence-electron chi connectivity index (χ2n) is 6.02. The number of nitrogens with two attached hydrogens (primary N) is 1. The molecule has 0 bridgehead atoms. The third-order valence-electron chi connectivity index (χ3n) is 4.44. The lowest BCUT2D eigenvalue weighted by molar-refractivity contribution is -0.0411. The fourth-order valence-corrected chi connectivity index (χ4v) is 3.35. The Bertz CT molecular complexity index is 476. The highest BCUT2D eigenvalue weighted by atomic mass is 16.5. The molecule has 1 aromatic rings. The summed E-state index contributed by atoms with van der Waals surface area (Å²) in [6.07, 6.45) is 3.41. The minimum absolute atomic E-state index is 0.0577. The van der Waals surface area contributed by atoms with Crippen molar-refractivity contribution in [2.45, 2.75) is 38.3 Å². The van der Waals surface area contributed by atoms with Gasteiger partial charge in [0.2, 0.25) is 0 Å². The molecule has 1 aromatic carbocycles. The van der Waals surface area contributed by atoms with Crippen LogP contribution in [0.1, 0.15) is 36.9 Å². The molecule has 0 amide bonds. The number of hydrogen-bond acceptors (Lipinski definition) is 4. The Hall–Kier alpha value is -1.10. The Kier molecular flexibility index (Phi) is 4.78. The minimum atomic E-state index is -0.113. The standard InChI is InChI=1S/C17H26N2O2/c1-2-8-19-9-11-20-15(12-19)16(18)14-7-3-5-13-6-4-10-21-17(13)14/h3,5,7,15-16H,2,4,6,8-12,18H2,1H3. The van der Waals surface area contributed by atoms with Crippen molar-refractivity contribution >= 4 is 0 Å². The third-order valence-corrected chi connectivity index (χ3v) is 4.44. The second-order valence-corrected chi connectivity index (χ2v) is 6.02. The van der Waals surface area contributed by atoms with Crippen LogP contribution in [0.4, 0.5) is 0 Å². The maximum Gasteiger partial charge on any atom is 0.127 e. The largest absolute Gasteiger partial charge is 0.493 e. The van der Waals surface area contributed by atoms with Gasteiger partial charge in [-0.1, -0.05) is 25.1 Å². The van der Waals surface area contributed by atoms with Gasteiger partial charge < -0.3 is 15.2 Å². The summed E-state index contributed by atoms with van der Waals surface area (Å²) >= 11 is 0. The Balaban J connectivity index is 1.77. The van der Waals surface area contributed by atoms with Crippen molar-refractivity contribution in [2.75, 3.05) is 32.8 Å². The molecule has 4 nitrogen and oxygen atoms in total. The molecular weight excluding hydrogens is 264 g/mol. The predicted molar refractivity (Wildman–Crippen MR) is 83.7 cm³/mol. The van der Waals surface area contributed by atoms with Crippen molar-refractivity contribution in [3.05, 3.63) is 29.3 Å². The fourth-order valence-electron chi connectivity index (χ4n) is 3.35. The van der Waals surface area contributed by atoms with Crippen LogP contribution in [0.25, 0.3) is 0 Å². The molecule has 2 N–H and O–H groups in total. The van der Waals surface area contributed by atoms with Gasteiger partial charge in [-0.3, -0.25) is 4.90 Å². The summed E-state index contributed by atoms with van der Waals surface area (Å²) in [5, 5.41) is 0. The first-order valence-corrected chi connectivity index (χ1v) is 8.13. The van der Waals surface area contributed by atoms with E-state index in [0.717, 1.165) is 57.0 Å². The number of benzene rings is 1. The summed E-state index contributed by atoms with van der Waals surface area (Å²) in [5.41, 5.74) is 8.91. The van der Waals surface area contributed by atoms with Gasteiger partial charge >= 0.3 is 0 Å². The fraction of sp³-hybridized carbons (Fsp3) is 0.647. The van der Waals surface area contributed by atoms with E-state index in [4.69, 9.17) is 15.2 Å². The van der Waals surface area contributed by atoms with E-state index in [9.17, 15) is 0 Å². The molecule has 2 aliphatic rings. The molecule has 4 heteroatoms. The lowest BCUT2D eigenvalue weighted by atomic mass is 9.95. The van der Waals surface area contributed by atoms with Crippen LogP contribution in [-0.4, -0.2) is 43.9 Å². The second kappa shape index (κ2) is 6.77. The van der Waals surface area contributed by atoms with Gasteiger partial charge in [0.15, 0.2) is 0 Å². The third kappa shape index (κ3) is 3.23. The molecule has 2 atom stereocenters. The number of rotatable bonds is 4. The smallest absolute Gasteiger partial charge is 0.127 e. The maximum absolute atomic E-state index is 6.52. The van der Waals surface area contributed by atoms with E-state index in [-0.39, 0.29) is 12.1 Å². The normalized spacial score (nSPS) is 24.2. The number of morpholine rings is 1. The average Bonchev–Trinajstić information content (AvgIpc) is 2.54. The molecule has 2 unspecified atom stereocenters. The Morgan fingerprint density at radius 2 is 2.29 bits per heavy atom. The quantitative estimate of drug-likeness (QED) is 0.923. The van der Waals surface area contributed by atoms with Gasteiger partial charge in [0, 0.05) is 18.7 Å².